The van der Waals surface area contributed by atoms with Crippen LogP contribution in [0.25, 0.3) is 11.3 Å². The van der Waals surface area contributed by atoms with E-state index in [4.69, 9.17) is 5.26 Å². The maximum atomic E-state index is 14.2. The van der Waals surface area contributed by atoms with Gasteiger partial charge in [-0.3, -0.25) is 4.79 Å². The first-order valence-electron chi connectivity index (χ1n) is 9.06. The van der Waals surface area contributed by atoms with E-state index in [0.29, 0.717) is 25.1 Å². The standard InChI is InChI=1S/C21H18F2N4O/c1-12-13-7-8-21(12,20(28)27(2)10-4-9-24)19-14(13)11-17(25-26-19)18-15(22)5-3-6-16(18)23/h3,5-6,11,13H,1,4,7-8,10H2,2H3/t13-,21-/m0/s1. The van der Waals surface area contributed by atoms with E-state index in [2.05, 4.69) is 16.8 Å². The lowest BCUT2D eigenvalue weighted by Crippen LogP contribution is -2.44. The highest BCUT2D eigenvalue weighted by molar-refractivity contribution is 5.95. The zero-order valence-corrected chi connectivity index (χ0v) is 15.4. The van der Waals surface area contributed by atoms with E-state index in [1.807, 2.05) is 6.07 Å². The number of rotatable bonds is 4. The van der Waals surface area contributed by atoms with Crippen LogP contribution >= 0.6 is 0 Å². The Labute approximate surface area is 161 Å². The Morgan fingerprint density at radius 2 is 2.11 bits per heavy atom. The van der Waals surface area contributed by atoms with Crippen molar-refractivity contribution >= 4 is 5.91 Å². The molecule has 2 atom stereocenters. The second-order valence-electron chi connectivity index (χ2n) is 7.29. The molecule has 5 nitrogen and oxygen atoms in total. The third kappa shape index (κ3) is 2.37. The summed E-state index contributed by atoms with van der Waals surface area (Å²) in [4.78, 5) is 14.8. The third-order valence-corrected chi connectivity index (χ3v) is 5.87. The van der Waals surface area contributed by atoms with E-state index in [0.717, 1.165) is 11.1 Å². The van der Waals surface area contributed by atoms with Crippen LogP contribution in [0.4, 0.5) is 8.78 Å². The summed E-state index contributed by atoms with van der Waals surface area (Å²) in [7, 11) is 1.66. The molecule has 2 aliphatic carbocycles. The van der Waals surface area contributed by atoms with Crippen LogP contribution in [0, 0.1) is 23.0 Å². The summed E-state index contributed by atoms with van der Waals surface area (Å²) >= 11 is 0. The van der Waals surface area contributed by atoms with E-state index >= 15 is 0 Å². The number of carbonyl (C=O) groups is 1. The first-order valence-corrected chi connectivity index (χ1v) is 9.06. The first kappa shape index (κ1) is 18.2. The Balaban J connectivity index is 1.79. The smallest absolute Gasteiger partial charge is 0.238 e. The number of nitrogens with zero attached hydrogens (tertiary/aromatic N) is 4. The molecule has 28 heavy (non-hydrogen) atoms. The fraction of sp³-hybridized carbons (Fsp3) is 0.333. The number of aromatic nitrogens is 2. The predicted molar refractivity (Wildman–Crippen MR) is 98.0 cm³/mol. The molecule has 0 radical (unpaired) electrons. The van der Waals surface area contributed by atoms with Gasteiger partial charge in [-0.15, -0.1) is 5.10 Å². The molecule has 142 valence electrons. The Hall–Kier alpha value is -3.14. The highest BCUT2D eigenvalue weighted by Crippen LogP contribution is 2.60. The molecule has 1 aromatic heterocycles. The number of likely N-dealkylation sites (N-methyl/N-ethyl adjacent to an activating group) is 1. The Bertz CT molecular complexity index is 1020. The van der Waals surface area contributed by atoms with Crippen molar-refractivity contribution < 1.29 is 13.6 Å². The molecule has 1 amide bonds. The highest BCUT2D eigenvalue weighted by atomic mass is 19.1. The van der Waals surface area contributed by atoms with Gasteiger partial charge in [0, 0.05) is 19.5 Å². The minimum Gasteiger partial charge on any atom is -0.344 e. The molecule has 0 spiro atoms. The van der Waals surface area contributed by atoms with Gasteiger partial charge in [-0.25, -0.2) is 8.78 Å². The van der Waals surface area contributed by atoms with Crippen molar-refractivity contribution in [3.05, 3.63) is 59.3 Å². The maximum Gasteiger partial charge on any atom is 0.238 e. The van der Waals surface area contributed by atoms with Gasteiger partial charge in [-0.2, -0.15) is 10.4 Å². The van der Waals surface area contributed by atoms with E-state index in [1.165, 1.54) is 23.1 Å². The topological polar surface area (TPSA) is 69.9 Å². The molecule has 2 aliphatic rings. The maximum absolute atomic E-state index is 14.2. The molecule has 7 heteroatoms. The number of hydrogen-bond acceptors (Lipinski definition) is 4. The molecular formula is C21H18F2N4O. The van der Waals surface area contributed by atoms with Crippen molar-refractivity contribution in [3.63, 3.8) is 0 Å². The summed E-state index contributed by atoms with van der Waals surface area (Å²) in [5.41, 5.74) is 0.933. The van der Waals surface area contributed by atoms with Gasteiger partial charge < -0.3 is 4.90 Å². The van der Waals surface area contributed by atoms with Crippen molar-refractivity contribution in [2.45, 2.75) is 30.6 Å². The molecule has 0 saturated heterocycles. The van der Waals surface area contributed by atoms with Gasteiger partial charge in [-0.1, -0.05) is 12.6 Å². The molecule has 0 aliphatic heterocycles. The summed E-state index contributed by atoms with van der Waals surface area (Å²) in [5, 5.41) is 17.1. The summed E-state index contributed by atoms with van der Waals surface area (Å²) < 4.78 is 28.3. The van der Waals surface area contributed by atoms with Crippen LogP contribution < -0.4 is 0 Å². The number of benzene rings is 1. The molecule has 2 bridgehead atoms. The average molecular weight is 380 g/mol. The number of fused-ring (bicyclic) bond motifs is 5. The van der Waals surface area contributed by atoms with E-state index in [9.17, 15) is 13.6 Å². The summed E-state index contributed by atoms with van der Waals surface area (Å²) in [6.07, 6.45) is 1.52. The summed E-state index contributed by atoms with van der Waals surface area (Å²) in [6.45, 7) is 4.47. The third-order valence-electron chi connectivity index (χ3n) is 5.87. The fourth-order valence-corrected chi connectivity index (χ4v) is 4.47. The number of halogens is 2. The SMILES string of the molecule is C=C1[C@@H]2CC[C@@]1(C(=O)N(C)CCC#N)c1nnc(-c3c(F)cccc3F)cc12. The van der Waals surface area contributed by atoms with Crippen LogP contribution in [0.3, 0.4) is 0 Å². The zero-order chi connectivity index (χ0) is 20.1. The first-order chi connectivity index (χ1) is 13.4. The van der Waals surface area contributed by atoms with Gasteiger partial charge in [0.05, 0.1) is 29.4 Å². The number of hydrogen-bond donors (Lipinski definition) is 0. The molecule has 1 aromatic carbocycles. The van der Waals surface area contributed by atoms with Gasteiger partial charge >= 0.3 is 0 Å². The second kappa shape index (κ2) is 6.48. The average Bonchev–Trinajstić information content (AvgIpc) is 3.14. The number of amides is 1. The van der Waals surface area contributed by atoms with Crippen molar-refractivity contribution in [1.82, 2.24) is 15.1 Å². The van der Waals surface area contributed by atoms with Gasteiger partial charge in [0.15, 0.2) is 0 Å². The quantitative estimate of drug-likeness (QED) is 0.762. The van der Waals surface area contributed by atoms with Crippen molar-refractivity contribution in [2.75, 3.05) is 13.6 Å². The Morgan fingerprint density at radius 3 is 2.79 bits per heavy atom. The Kier molecular flexibility index (Phi) is 4.22. The molecule has 1 heterocycles. The largest absolute Gasteiger partial charge is 0.344 e. The molecule has 4 rings (SSSR count). The fourth-order valence-electron chi connectivity index (χ4n) is 4.47. The van der Waals surface area contributed by atoms with E-state index in [-0.39, 0.29) is 29.5 Å². The molecule has 1 fully saturated rings. The predicted octanol–water partition coefficient (Wildman–Crippen LogP) is 3.48. The van der Waals surface area contributed by atoms with Crippen LogP contribution in [0.5, 0.6) is 0 Å². The van der Waals surface area contributed by atoms with Crippen LogP contribution in [0.1, 0.15) is 36.4 Å². The normalized spacial score (nSPS) is 22.1. The lowest BCUT2D eigenvalue weighted by molar-refractivity contribution is -0.134. The second-order valence-corrected chi connectivity index (χ2v) is 7.29. The molecule has 0 N–H and O–H groups in total. The van der Waals surface area contributed by atoms with Gasteiger partial charge in [-0.05, 0) is 42.2 Å². The van der Waals surface area contributed by atoms with Crippen LogP contribution in [-0.2, 0) is 10.2 Å². The number of nitriles is 1. The van der Waals surface area contributed by atoms with E-state index < -0.39 is 17.0 Å². The molecule has 2 aromatic rings. The summed E-state index contributed by atoms with van der Waals surface area (Å²) in [6, 6.07) is 7.31. The number of carbonyl (C=O) groups excluding carboxylic acids is 1. The van der Waals surface area contributed by atoms with Crippen LogP contribution in [0.15, 0.2) is 36.4 Å². The van der Waals surface area contributed by atoms with Crippen molar-refractivity contribution in [2.24, 2.45) is 0 Å². The van der Waals surface area contributed by atoms with Gasteiger partial charge in [0.2, 0.25) is 5.91 Å². The molecule has 0 unspecified atom stereocenters. The molecular weight excluding hydrogens is 362 g/mol. The monoisotopic (exact) mass is 380 g/mol. The van der Waals surface area contributed by atoms with Gasteiger partial charge in [0.1, 0.15) is 17.0 Å². The zero-order valence-electron chi connectivity index (χ0n) is 15.4. The van der Waals surface area contributed by atoms with Crippen molar-refractivity contribution in [3.8, 4) is 17.3 Å². The lowest BCUT2D eigenvalue weighted by atomic mass is 9.80. The summed E-state index contributed by atoms with van der Waals surface area (Å²) in [5.74, 6) is -1.67. The minimum absolute atomic E-state index is 0.0904. The van der Waals surface area contributed by atoms with Crippen LogP contribution in [-0.4, -0.2) is 34.6 Å². The van der Waals surface area contributed by atoms with Crippen molar-refractivity contribution in [1.29, 1.82) is 5.26 Å². The Morgan fingerprint density at radius 1 is 1.39 bits per heavy atom. The molecule has 1 saturated carbocycles. The minimum atomic E-state index is -0.969. The van der Waals surface area contributed by atoms with E-state index in [1.54, 1.807) is 13.1 Å². The van der Waals surface area contributed by atoms with Gasteiger partial charge in [0.25, 0.3) is 0 Å². The van der Waals surface area contributed by atoms with Crippen LogP contribution in [0.2, 0.25) is 0 Å². The lowest BCUT2D eigenvalue weighted by Gasteiger charge is -2.31. The highest BCUT2D eigenvalue weighted by Gasteiger charge is 2.59.